The quantitative estimate of drug-likeness (QED) is 0.526. The van der Waals surface area contributed by atoms with Crippen LogP contribution in [0.2, 0.25) is 0 Å². The zero-order valence-electron chi connectivity index (χ0n) is 18.0. The standard InChI is InChI=1S/C22H26N4O5S/c1-29-19-7-3-17(4-8-19)15-25(16-18-5-9-20(30-2)10-6-18)32(27,28)21-11-12-24-26(21)22-23-13-14-31-22/h3-12,22-23H,13-16H2,1-2H3. The van der Waals surface area contributed by atoms with Crippen molar-refractivity contribution in [3.8, 4) is 11.5 Å². The number of ether oxygens (including phenoxy) is 3. The topological polar surface area (TPSA) is 94.9 Å². The van der Waals surface area contributed by atoms with Crippen LogP contribution in [0.25, 0.3) is 0 Å². The molecule has 1 N–H and O–H groups in total. The highest BCUT2D eigenvalue weighted by atomic mass is 32.2. The Kier molecular flexibility index (Phi) is 6.75. The van der Waals surface area contributed by atoms with Gasteiger partial charge in [-0.3, -0.25) is 5.32 Å². The van der Waals surface area contributed by atoms with Gasteiger partial charge in [-0.25, -0.2) is 13.1 Å². The predicted octanol–water partition coefficient (Wildman–Crippen LogP) is 2.37. The predicted molar refractivity (Wildman–Crippen MR) is 118 cm³/mol. The molecule has 1 aliphatic rings. The fourth-order valence-electron chi connectivity index (χ4n) is 3.48. The van der Waals surface area contributed by atoms with Gasteiger partial charge in [-0.05, 0) is 41.5 Å². The Morgan fingerprint density at radius 1 is 1.00 bits per heavy atom. The number of benzene rings is 2. The lowest BCUT2D eigenvalue weighted by atomic mass is 10.2. The number of nitrogens with zero attached hydrogens (tertiary/aromatic N) is 3. The maximum atomic E-state index is 13.8. The van der Waals surface area contributed by atoms with Crippen molar-refractivity contribution in [3.05, 3.63) is 71.9 Å². The SMILES string of the molecule is COc1ccc(CN(Cc2ccc(OC)cc2)S(=O)(=O)c2ccnn2C2NCCO2)cc1. The van der Waals surface area contributed by atoms with Crippen LogP contribution in [0, 0.1) is 0 Å². The largest absolute Gasteiger partial charge is 0.497 e. The number of sulfonamides is 1. The molecule has 2 heterocycles. The molecule has 1 fully saturated rings. The van der Waals surface area contributed by atoms with Gasteiger partial charge < -0.3 is 14.2 Å². The molecule has 1 aliphatic heterocycles. The van der Waals surface area contributed by atoms with E-state index in [1.807, 2.05) is 48.5 Å². The van der Waals surface area contributed by atoms with Gasteiger partial charge in [0.2, 0.25) is 6.35 Å². The highest BCUT2D eigenvalue weighted by molar-refractivity contribution is 7.89. The maximum absolute atomic E-state index is 13.8. The molecule has 170 valence electrons. The molecule has 0 radical (unpaired) electrons. The van der Waals surface area contributed by atoms with E-state index < -0.39 is 16.4 Å². The highest BCUT2D eigenvalue weighted by Gasteiger charge is 2.32. The third kappa shape index (κ3) is 4.78. The molecule has 2 aromatic carbocycles. The molecule has 3 aromatic rings. The van der Waals surface area contributed by atoms with Crippen LogP contribution in [0.5, 0.6) is 11.5 Å². The summed E-state index contributed by atoms with van der Waals surface area (Å²) in [6.07, 6.45) is 0.855. The lowest BCUT2D eigenvalue weighted by molar-refractivity contribution is 0.0267. The van der Waals surface area contributed by atoms with Crippen molar-refractivity contribution in [2.75, 3.05) is 27.4 Å². The monoisotopic (exact) mass is 458 g/mol. The summed E-state index contributed by atoms with van der Waals surface area (Å²) in [6, 6.07) is 16.2. The van der Waals surface area contributed by atoms with Crippen LogP contribution in [-0.2, 0) is 27.8 Å². The molecule has 10 heteroatoms. The Bertz CT molecular complexity index is 1070. The second kappa shape index (κ2) is 9.70. The zero-order chi connectivity index (χ0) is 22.6. The first-order chi connectivity index (χ1) is 15.5. The minimum atomic E-state index is -3.90. The number of hydrogen-bond acceptors (Lipinski definition) is 7. The van der Waals surface area contributed by atoms with Gasteiger partial charge in [0.1, 0.15) is 11.5 Å². The molecular weight excluding hydrogens is 432 g/mol. The summed E-state index contributed by atoms with van der Waals surface area (Å²) in [7, 11) is -0.716. The molecule has 0 saturated carbocycles. The van der Waals surface area contributed by atoms with E-state index in [1.54, 1.807) is 14.2 Å². The van der Waals surface area contributed by atoms with Gasteiger partial charge in [0.05, 0.1) is 27.0 Å². The van der Waals surface area contributed by atoms with Crippen LogP contribution in [-0.4, -0.2) is 49.9 Å². The molecule has 1 saturated heterocycles. The number of rotatable bonds is 9. The van der Waals surface area contributed by atoms with Gasteiger partial charge in [-0.15, -0.1) is 0 Å². The van der Waals surface area contributed by atoms with Gasteiger partial charge >= 0.3 is 0 Å². The third-order valence-electron chi connectivity index (χ3n) is 5.19. The fourth-order valence-corrected chi connectivity index (χ4v) is 4.99. The second-order valence-electron chi connectivity index (χ2n) is 7.26. The Labute approximate surface area is 187 Å². The molecule has 32 heavy (non-hydrogen) atoms. The van der Waals surface area contributed by atoms with Crippen LogP contribution in [0.1, 0.15) is 17.5 Å². The smallest absolute Gasteiger partial charge is 0.260 e. The molecule has 0 aliphatic carbocycles. The second-order valence-corrected chi connectivity index (χ2v) is 9.15. The Morgan fingerprint density at radius 3 is 2.03 bits per heavy atom. The third-order valence-corrected chi connectivity index (χ3v) is 6.98. The van der Waals surface area contributed by atoms with Crippen LogP contribution in [0.15, 0.2) is 65.8 Å². The molecule has 1 unspecified atom stereocenters. The fraction of sp³-hybridized carbons (Fsp3) is 0.318. The molecule has 4 rings (SSSR count). The van der Waals surface area contributed by atoms with E-state index in [0.29, 0.717) is 24.7 Å². The molecule has 0 spiro atoms. The Morgan fingerprint density at radius 2 is 1.56 bits per heavy atom. The first-order valence-corrected chi connectivity index (χ1v) is 11.6. The van der Waals surface area contributed by atoms with E-state index >= 15 is 0 Å². The summed E-state index contributed by atoms with van der Waals surface area (Å²) in [5.41, 5.74) is 1.67. The minimum absolute atomic E-state index is 0.0684. The van der Waals surface area contributed by atoms with Crippen molar-refractivity contribution in [2.45, 2.75) is 24.5 Å². The van der Waals surface area contributed by atoms with E-state index in [0.717, 1.165) is 11.1 Å². The van der Waals surface area contributed by atoms with Crippen LogP contribution in [0.3, 0.4) is 0 Å². The summed E-state index contributed by atoms with van der Waals surface area (Å²) in [5.74, 6) is 1.42. The van der Waals surface area contributed by atoms with Gasteiger partial charge in [0, 0.05) is 19.6 Å². The summed E-state index contributed by atoms with van der Waals surface area (Å²) in [4.78, 5) is 0. The van der Waals surface area contributed by atoms with Gasteiger partial charge in [-0.2, -0.15) is 9.40 Å². The van der Waals surface area contributed by atoms with Crippen LogP contribution in [0.4, 0.5) is 0 Å². The molecule has 0 amide bonds. The van der Waals surface area contributed by atoms with Crippen LogP contribution >= 0.6 is 0 Å². The van der Waals surface area contributed by atoms with Gasteiger partial charge in [0.15, 0.2) is 5.03 Å². The number of nitrogens with one attached hydrogen (secondary N) is 1. The number of hydrogen-bond donors (Lipinski definition) is 1. The first-order valence-electron chi connectivity index (χ1n) is 10.2. The molecule has 1 aromatic heterocycles. The summed E-state index contributed by atoms with van der Waals surface area (Å²) in [5, 5.41) is 7.37. The summed E-state index contributed by atoms with van der Waals surface area (Å²) < 4.78 is 46.3. The first kappa shape index (κ1) is 22.3. The van der Waals surface area contributed by atoms with E-state index in [9.17, 15) is 8.42 Å². The van der Waals surface area contributed by atoms with E-state index in [1.165, 1.54) is 21.3 Å². The van der Waals surface area contributed by atoms with E-state index in [-0.39, 0.29) is 18.1 Å². The molecule has 1 atom stereocenters. The van der Waals surface area contributed by atoms with Crippen molar-refractivity contribution in [1.82, 2.24) is 19.4 Å². The van der Waals surface area contributed by atoms with Gasteiger partial charge in [0.25, 0.3) is 10.0 Å². The average Bonchev–Trinajstić information content (AvgIpc) is 3.52. The Balaban J connectivity index is 1.67. The van der Waals surface area contributed by atoms with Crippen molar-refractivity contribution < 1.29 is 22.6 Å². The maximum Gasteiger partial charge on any atom is 0.260 e. The zero-order valence-corrected chi connectivity index (χ0v) is 18.8. The van der Waals surface area contributed by atoms with Crippen LogP contribution < -0.4 is 14.8 Å². The Hall–Kier alpha value is -2.92. The van der Waals surface area contributed by atoms with E-state index in [4.69, 9.17) is 14.2 Å². The molecular formula is C22H26N4O5S. The van der Waals surface area contributed by atoms with Crippen molar-refractivity contribution in [1.29, 1.82) is 0 Å². The van der Waals surface area contributed by atoms with E-state index in [2.05, 4.69) is 10.4 Å². The highest BCUT2D eigenvalue weighted by Crippen LogP contribution is 2.25. The number of methoxy groups -OCH3 is 2. The lowest BCUT2D eigenvalue weighted by Crippen LogP contribution is -2.34. The van der Waals surface area contributed by atoms with Gasteiger partial charge in [-0.1, -0.05) is 24.3 Å². The number of aromatic nitrogens is 2. The lowest BCUT2D eigenvalue weighted by Gasteiger charge is -2.24. The molecule has 9 nitrogen and oxygen atoms in total. The van der Waals surface area contributed by atoms with Crippen molar-refractivity contribution in [2.24, 2.45) is 0 Å². The van der Waals surface area contributed by atoms with Crippen molar-refractivity contribution >= 4 is 10.0 Å². The average molecular weight is 459 g/mol. The summed E-state index contributed by atoms with van der Waals surface area (Å²) in [6.45, 7) is 1.49. The normalized spacial score (nSPS) is 16.4. The molecule has 0 bridgehead atoms. The van der Waals surface area contributed by atoms with Crippen molar-refractivity contribution in [3.63, 3.8) is 0 Å². The minimum Gasteiger partial charge on any atom is -0.497 e. The summed E-state index contributed by atoms with van der Waals surface area (Å²) >= 11 is 0.